The molecular weight excluding hydrogens is 330 g/mol. The van der Waals surface area contributed by atoms with Gasteiger partial charge in [-0.2, -0.15) is 0 Å². The molecule has 0 unspecified atom stereocenters. The average Bonchev–Trinajstić information content (AvgIpc) is 3.20. The number of benzene rings is 1. The molecule has 130 valence electrons. The van der Waals surface area contributed by atoms with Crippen molar-refractivity contribution in [3.63, 3.8) is 0 Å². The molecule has 1 aromatic carbocycles. The molecule has 0 spiro atoms. The zero-order chi connectivity index (χ0) is 17.4. The maximum absolute atomic E-state index is 12.5. The molecule has 2 heterocycles. The monoisotopic (exact) mass is 353 g/mol. The molecule has 2 N–H and O–H groups in total. The highest BCUT2D eigenvalue weighted by Crippen LogP contribution is 2.34. The van der Waals surface area contributed by atoms with Crippen molar-refractivity contribution in [1.82, 2.24) is 9.97 Å². The highest BCUT2D eigenvalue weighted by molar-refractivity contribution is 7.18. The largest absolute Gasteiger partial charge is 0.378 e. The van der Waals surface area contributed by atoms with Gasteiger partial charge in [0.15, 0.2) is 0 Å². The van der Waals surface area contributed by atoms with Crippen LogP contribution in [-0.4, -0.2) is 9.97 Å². The lowest BCUT2D eigenvalue weighted by Crippen LogP contribution is -2.14. The van der Waals surface area contributed by atoms with Gasteiger partial charge < -0.3 is 10.3 Å². The maximum atomic E-state index is 12.5. The van der Waals surface area contributed by atoms with Gasteiger partial charge in [0, 0.05) is 10.6 Å². The molecule has 1 atom stereocenters. The van der Waals surface area contributed by atoms with Crippen molar-refractivity contribution in [3.8, 4) is 0 Å². The zero-order valence-electron chi connectivity index (χ0n) is 14.7. The van der Waals surface area contributed by atoms with E-state index in [0.717, 1.165) is 41.6 Å². The molecule has 5 heteroatoms. The van der Waals surface area contributed by atoms with Crippen molar-refractivity contribution in [3.05, 3.63) is 56.4 Å². The fourth-order valence-corrected chi connectivity index (χ4v) is 4.76. The van der Waals surface area contributed by atoms with Gasteiger partial charge in [0.05, 0.1) is 11.9 Å². The van der Waals surface area contributed by atoms with Crippen molar-refractivity contribution in [2.75, 3.05) is 5.32 Å². The topological polar surface area (TPSA) is 57.8 Å². The van der Waals surface area contributed by atoms with Crippen LogP contribution in [0.4, 0.5) is 5.69 Å². The number of hydrogen-bond donors (Lipinski definition) is 2. The summed E-state index contributed by atoms with van der Waals surface area (Å²) in [5, 5.41) is 4.18. The summed E-state index contributed by atoms with van der Waals surface area (Å²) in [4.78, 5) is 22.3. The van der Waals surface area contributed by atoms with E-state index in [9.17, 15) is 4.79 Å². The Morgan fingerprint density at radius 3 is 2.84 bits per heavy atom. The third-order valence-corrected chi connectivity index (χ3v) is 6.36. The van der Waals surface area contributed by atoms with E-state index in [4.69, 9.17) is 0 Å². The summed E-state index contributed by atoms with van der Waals surface area (Å²) >= 11 is 1.69. The van der Waals surface area contributed by atoms with Crippen LogP contribution in [0.2, 0.25) is 0 Å². The van der Waals surface area contributed by atoms with E-state index in [0.29, 0.717) is 18.3 Å². The van der Waals surface area contributed by atoms with E-state index < -0.39 is 0 Å². The van der Waals surface area contributed by atoms with E-state index in [1.807, 2.05) is 0 Å². The standard InChI is InChI=1S/C20H23N3OS/c1-3-12(2)13-7-9-14(10-8-13)21-11-17-22-19(24)18-15-5-4-6-16(15)25-20(18)23-17/h7-10,12,21H,3-6,11H2,1-2H3,(H,22,23,24)/t12-/m0/s1. The lowest BCUT2D eigenvalue weighted by Gasteiger charge is -2.11. The van der Waals surface area contributed by atoms with Crippen LogP contribution < -0.4 is 10.9 Å². The first kappa shape index (κ1) is 16.3. The molecule has 1 aliphatic rings. The molecule has 0 saturated heterocycles. The van der Waals surface area contributed by atoms with Crippen molar-refractivity contribution >= 4 is 27.2 Å². The third kappa shape index (κ3) is 3.09. The number of aromatic nitrogens is 2. The molecule has 1 aliphatic carbocycles. The molecule has 0 bridgehead atoms. The molecule has 4 rings (SSSR count). The Labute approximate surface area is 151 Å². The van der Waals surface area contributed by atoms with Gasteiger partial charge in [-0.3, -0.25) is 4.79 Å². The van der Waals surface area contributed by atoms with Crippen LogP contribution in [0.25, 0.3) is 10.2 Å². The maximum Gasteiger partial charge on any atom is 0.259 e. The highest BCUT2D eigenvalue weighted by atomic mass is 32.1. The van der Waals surface area contributed by atoms with Gasteiger partial charge in [0.2, 0.25) is 0 Å². The molecule has 3 aromatic rings. The van der Waals surface area contributed by atoms with Gasteiger partial charge in [-0.1, -0.05) is 26.0 Å². The van der Waals surface area contributed by atoms with Gasteiger partial charge in [-0.25, -0.2) is 4.98 Å². The van der Waals surface area contributed by atoms with Crippen LogP contribution in [-0.2, 0) is 19.4 Å². The van der Waals surface area contributed by atoms with Gasteiger partial charge in [-0.15, -0.1) is 11.3 Å². The smallest absolute Gasteiger partial charge is 0.259 e. The summed E-state index contributed by atoms with van der Waals surface area (Å²) < 4.78 is 0. The number of nitrogens with one attached hydrogen (secondary N) is 2. The summed E-state index contributed by atoms with van der Waals surface area (Å²) in [6.45, 7) is 4.97. The number of aryl methyl sites for hydroxylation is 2. The third-order valence-electron chi connectivity index (χ3n) is 5.18. The lowest BCUT2D eigenvalue weighted by atomic mass is 9.99. The average molecular weight is 353 g/mol. The number of fused-ring (bicyclic) bond motifs is 3. The van der Waals surface area contributed by atoms with Gasteiger partial charge in [0.1, 0.15) is 10.7 Å². The summed E-state index contributed by atoms with van der Waals surface area (Å²) in [5.74, 6) is 1.28. The van der Waals surface area contributed by atoms with Crippen LogP contribution in [0.3, 0.4) is 0 Å². The fraction of sp³-hybridized carbons (Fsp3) is 0.400. The van der Waals surface area contributed by atoms with Gasteiger partial charge in [-0.05, 0) is 54.9 Å². The molecule has 0 saturated carbocycles. The molecule has 0 fully saturated rings. The number of anilines is 1. The van der Waals surface area contributed by atoms with E-state index >= 15 is 0 Å². The normalized spacial score (nSPS) is 14.6. The number of H-pyrrole nitrogens is 1. The first-order chi connectivity index (χ1) is 12.2. The van der Waals surface area contributed by atoms with Gasteiger partial charge in [0.25, 0.3) is 5.56 Å². The Bertz CT molecular complexity index is 955. The van der Waals surface area contributed by atoms with E-state index in [2.05, 4.69) is 53.4 Å². The summed E-state index contributed by atoms with van der Waals surface area (Å²) in [5.41, 5.74) is 3.64. The molecule has 25 heavy (non-hydrogen) atoms. The molecular formula is C20H23N3OS. The summed E-state index contributed by atoms with van der Waals surface area (Å²) in [6.07, 6.45) is 4.40. The SMILES string of the molecule is CC[C@H](C)c1ccc(NCc2nc3sc4c(c3c(=O)[nH]2)CCC4)cc1. The predicted octanol–water partition coefficient (Wildman–Crippen LogP) is 4.60. The fourth-order valence-electron chi connectivity index (χ4n) is 3.48. The van der Waals surface area contributed by atoms with Crippen molar-refractivity contribution in [2.45, 2.75) is 52.0 Å². The highest BCUT2D eigenvalue weighted by Gasteiger charge is 2.20. The van der Waals surface area contributed by atoms with Crippen molar-refractivity contribution in [1.29, 1.82) is 0 Å². The second-order valence-electron chi connectivity index (χ2n) is 6.83. The van der Waals surface area contributed by atoms with Crippen LogP contribution in [0.15, 0.2) is 29.1 Å². The first-order valence-electron chi connectivity index (χ1n) is 9.03. The van der Waals surface area contributed by atoms with Crippen LogP contribution in [0.1, 0.15) is 54.4 Å². The number of aromatic amines is 1. The summed E-state index contributed by atoms with van der Waals surface area (Å²) in [6, 6.07) is 8.52. The minimum absolute atomic E-state index is 0.00770. The quantitative estimate of drug-likeness (QED) is 0.705. The molecule has 0 radical (unpaired) electrons. The van der Waals surface area contributed by atoms with Gasteiger partial charge >= 0.3 is 0 Å². The Balaban J connectivity index is 1.52. The number of thiophene rings is 1. The van der Waals surface area contributed by atoms with Crippen LogP contribution >= 0.6 is 11.3 Å². The Hall–Kier alpha value is -2.14. The molecule has 2 aromatic heterocycles. The number of hydrogen-bond acceptors (Lipinski definition) is 4. The molecule has 0 amide bonds. The Kier molecular flexibility index (Phi) is 4.34. The second-order valence-corrected chi connectivity index (χ2v) is 7.92. The summed E-state index contributed by atoms with van der Waals surface area (Å²) in [7, 11) is 0. The van der Waals surface area contributed by atoms with Crippen LogP contribution in [0.5, 0.6) is 0 Å². The first-order valence-corrected chi connectivity index (χ1v) is 9.84. The van der Waals surface area contributed by atoms with Crippen LogP contribution in [0, 0.1) is 0 Å². The van der Waals surface area contributed by atoms with Crippen molar-refractivity contribution in [2.24, 2.45) is 0 Å². The minimum atomic E-state index is 0.00770. The molecule has 0 aliphatic heterocycles. The van der Waals surface area contributed by atoms with E-state index in [1.54, 1.807) is 11.3 Å². The van der Waals surface area contributed by atoms with E-state index in [-0.39, 0.29) is 5.56 Å². The lowest BCUT2D eigenvalue weighted by molar-refractivity contribution is 0.733. The predicted molar refractivity (Wildman–Crippen MR) is 105 cm³/mol. The van der Waals surface area contributed by atoms with E-state index in [1.165, 1.54) is 16.0 Å². The second kappa shape index (κ2) is 6.64. The zero-order valence-corrected chi connectivity index (χ0v) is 15.5. The Morgan fingerprint density at radius 2 is 2.08 bits per heavy atom. The molecule has 4 nitrogen and oxygen atoms in total. The number of rotatable bonds is 5. The Morgan fingerprint density at radius 1 is 1.28 bits per heavy atom. The van der Waals surface area contributed by atoms with Crippen molar-refractivity contribution < 1.29 is 0 Å². The minimum Gasteiger partial charge on any atom is -0.378 e. The number of nitrogens with zero attached hydrogens (tertiary/aromatic N) is 1.